The summed E-state index contributed by atoms with van der Waals surface area (Å²) in [6, 6.07) is 14.9. The van der Waals surface area contributed by atoms with Gasteiger partial charge in [0.25, 0.3) is 5.91 Å². The van der Waals surface area contributed by atoms with Gasteiger partial charge in [-0.15, -0.1) is 0 Å². The molecule has 2 aromatic carbocycles. The molecular weight excluding hydrogens is 428 g/mol. The number of benzene rings is 2. The second-order valence-corrected chi connectivity index (χ2v) is 9.09. The van der Waals surface area contributed by atoms with E-state index in [0.717, 1.165) is 41.6 Å². The van der Waals surface area contributed by atoms with E-state index in [0.29, 0.717) is 18.4 Å². The number of ether oxygens (including phenoxy) is 1. The standard InChI is InChI=1S/C24H25BrN2O2/c25-17-9-6-15(7-10-17)23-20-5-1-4-19(20)21-13-16(8-11-22(21)27-23)24(28)26-14-18-3-2-12-29-18/h1,4,6-11,13,18-20,23,27H,2-3,5,12,14H2,(H,26,28). The van der Waals surface area contributed by atoms with Crippen molar-refractivity contribution in [2.24, 2.45) is 5.92 Å². The molecule has 2 heterocycles. The summed E-state index contributed by atoms with van der Waals surface area (Å²) in [6.07, 6.45) is 7.91. The molecule has 0 spiro atoms. The van der Waals surface area contributed by atoms with Crippen LogP contribution < -0.4 is 10.6 Å². The van der Waals surface area contributed by atoms with Gasteiger partial charge in [-0.25, -0.2) is 0 Å². The Hall–Kier alpha value is -2.11. The molecule has 4 atom stereocenters. The molecule has 2 N–H and O–H groups in total. The molecule has 150 valence electrons. The first-order valence-corrected chi connectivity index (χ1v) is 11.2. The molecule has 4 unspecified atom stereocenters. The van der Waals surface area contributed by atoms with Crippen LogP contribution in [-0.4, -0.2) is 25.2 Å². The summed E-state index contributed by atoms with van der Waals surface area (Å²) in [4.78, 5) is 12.7. The lowest BCUT2D eigenvalue weighted by molar-refractivity contribution is 0.0857. The number of anilines is 1. The van der Waals surface area contributed by atoms with E-state index < -0.39 is 0 Å². The number of hydrogen-bond acceptors (Lipinski definition) is 3. The molecule has 1 aliphatic carbocycles. The molecule has 5 heteroatoms. The highest BCUT2D eigenvalue weighted by molar-refractivity contribution is 9.10. The highest BCUT2D eigenvalue weighted by Gasteiger charge is 2.38. The van der Waals surface area contributed by atoms with Gasteiger partial charge < -0.3 is 15.4 Å². The van der Waals surface area contributed by atoms with Crippen molar-refractivity contribution in [3.8, 4) is 0 Å². The van der Waals surface area contributed by atoms with E-state index in [2.05, 4.69) is 75.1 Å². The maximum Gasteiger partial charge on any atom is 0.251 e. The van der Waals surface area contributed by atoms with E-state index in [1.165, 1.54) is 11.1 Å². The molecule has 1 fully saturated rings. The molecule has 0 radical (unpaired) electrons. The van der Waals surface area contributed by atoms with Gasteiger partial charge in [-0.1, -0.05) is 40.2 Å². The zero-order valence-electron chi connectivity index (χ0n) is 16.2. The lowest BCUT2D eigenvalue weighted by atomic mass is 9.76. The molecule has 3 aliphatic rings. The van der Waals surface area contributed by atoms with Crippen LogP contribution in [0.15, 0.2) is 59.1 Å². The Bertz CT molecular complexity index is 934. The zero-order valence-corrected chi connectivity index (χ0v) is 17.8. The van der Waals surface area contributed by atoms with E-state index in [1.54, 1.807) is 0 Å². The quantitative estimate of drug-likeness (QED) is 0.627. The molecular formula is C24H25BrN2O2. The van der Waals surface area contributed by atoms with Gasteiger partial charge in [-0.3, -0.25) is 4.79 Å². The predicted octanol–water partition coefficient (Wildman–Crippen LogP) is 5.18. The topological polar surface area (TPSA) is 50.4 Å². The number of allylic oxidation sites excluding steroid dienone is 2. The zero-order chi connectivity index (χ0) is 19.8. The van der Waals surface area contributed by atoms with Crippen molar-refractivity contribution in [2.75, 3.05) is 18.5 Å². The summed E-state index contributed by atoms with van der Waals surface area (Å²) in [5, 5.41) is 6.78. The third-order valence-electron chi connectivity index (χ3n) is 6.37. The Morgan fingerprint density at radius 3 is 2.86 bits per heavy atom. The maximum absolute atomic E-state index is 12.7. The molecule has 29 heavy (non-hydrogen) atoms. The van der Waals surface area contributed by atoms with E-state index >= 15 is 0 Å². The number of carbonyl (C=O) groups is 1. The molecule has 0 saturated carbocycles. The fourth-order valence-electron chi connectivity index (χ4n) is 4.85. The summed E-state index contributed by atoms with van der Waals surface area (Å²) in [7, 11) is 0. The van der Waals surface area contributed by atoms with Gasteiger partial charge in [-0.05, 0) is 66.6 Å². The molecule has 0 aromatic heterocycles. The van der Waals surface area contributed by atoms with Crippen molar-refractivity contribution in [1.29, 1.82) is 0 Å². The Labute approximate surface area is 179 Å². The van der Waals surface area contributed by atoms with Gasteiger partial charge in [0.15, 0.2) is 0 Å². The van der Waals surface area contributed by atoms with Gasteiger partial charge in [0.05, 0.1) is 12.1 Å². The Balaban J connectivity index is 1.38. The number of rotatable bonds is 4. The van der Waals surface area contributed by atoms with Crippen LogP contribution in [0.1, 0.15) is 52.7 Å². The first-order valence-electron chi connectivity index (χ1n) is 10.4. The number of fused-ring (bicyclic) bond motifs is 3. The SMILES string of the molecule is O=C(NCC1CCCO1)c1ccc2c(c1)C1C=CCC1C(c1ccc(Br)cc1)N2. The third kappa shape index (κ3) is 3.74. The maximum atomic E-state index is 12.7. The summed E-state index contributed by atoms with van der Waals surface area (Å²) >= 11 is 3.53. The second kappa shape index (κ2) is 7.96. The van der Waals surface area contributed by atoms with E-state index in [-0.39, 0.29) is 18.1 Å². The van der Waals surface area contributed by atoms with E-state index in [9.17, 15) is 4.79 Å². The lowest BCUT2D eigenvalue weighted by Crippen LogP contribution is -2.32. The van der Waals surface area contributed by atoms with Gasteiger partial charge in [0.2, 0.25) is 0 Å². The first kappa shape index (κ1) is 18.9. The average Bonchev–Trinajstić information content (AvgIpc) is 3.44. The molecule has 2 aliphatic heterocycles. The van der Waals surface area contributed by atoms with Crippen LogP contribution in [0.25, 0.3) is 0 Å². The summed E-state index contributed by atoms with van der Waals surface area (Å²) in [5.41, 5.74) is 4.38. The Kier molecular flexibility index (Phi) is 5.18. The fraction of sp³-hybridized carbons (Fsp3) is 0.375. The third-order valence-corrected chi connectivity index (χ3v) is 6.90. The summed E-state index contributed by atoms with van der Waals surface area (Å²) in [5.74, 6) is 0.788. The van der Waals surface area contributed by atoms with Gasteiger partial charge in [-0.2, -0.15) is 0 Å². The van der Waals surface area contributed by atoms with Crippen LogP contribution in [0.5, 0.6) is 0 Å². The minimum atomic E-state index is -0.0168. The fourth-order valence-corrected chi connectivity index (χ4v) is 5.11. The van der Waals surface area contributed by atoms with Gasteiger partial charge in [0.1, 0.15) is 0 Å². The van der Waals surface area contributed by atoms with E-state index in [4.69, 9.17) is 4.74 Å². The van der Waals surface area contributed by atoms with Crippen LogP contribution in [-0.2, 0) is 4.74 Å². The van der Waals surface area contributed by atoms with Gasteiger partial charge >= 0.3 is 0 Å². The van der Waals surface area contributed by atoms with Crippen LogP contribution >= 0.6 is 15.9 Å². The minimum absolute atomic E-state index is 0.0168. The van der Waals surface area contributed by atoms with Crippen LogP contribution in [0.2, 0.25) is 0 Å². The second-order valence-electron chi connectivity index (χ2n) is 8.17. The Morgan fingerprint density at radius 2 is 2.07 bits per heavy atom. The monoisotopic (exact) mass is 452 g/mol. The molecule has 1 amide bonds. The average molecular weight is 453 g/mol. The van der Waals surface area contributed by atoms with Crippen molar-refractivity contribution in [2.45, 2.75) is 37.3 Å². The summed E-state index contributed by atoms with van der Waals surface area (Å²) in [6.45, 7) is 1.39. The number of carbonyl (C=O) groups excluding carboxylic acids is 1. The molecule has 1 saturated heterocycles. The van der Waals surface area contributed by atoms with Gasteiger partial charge in [0, 0.05) is 34.8 Å². The number of halogens is 1. The molecule has 0 bridgehead atoms. The molecule has 4 nitrogen and oxygen atoms in total. The Morgan fingerprint density at radius 1 is 1.21 bits per heavy atom. The summed E-state index contributed by atoms with van der Waals surface area (Å²) < 4.78 is 6.71. The lowest BCUT2D eigenvalue weighted by Gasteiger charge is -2.37. The van der Waals surface area contributed by atoms with Crippen molar-refractivity contribution in [3.05, 3.63) is 75.8 Å². The van der Waals surface area contributed by atoms with Crippen LogP contribution in [0, 0.1) is 5.92 Å². The normalized spacial score (nSPS) is 27.2. The highest BCUT2D eigenvalue weighted by Crippen LogP contribution is 2.50. The van der Waals surface area contributed by atoms with Crippen LogP contribution in [0.3, 0.4) is 0 Å². The molecule has 2 aromatic rings. The largest absolute Gasteiger partial charge is 0.378 e. The smallest absolute Gasteiger partial charge is 0.251 e. The van der Waals surface area contributed by atoms with E-state index in [1.807, 2.05) is 6.07 Å². The predicted molar refractivity (Wildman–Crippen MR) is 118 cm³/mol. The van der Waals surface area contributed by atoms with Crippen molar-refractivity contribution in [3.63, 3.8) is 0 Å². The van der Waals surface area contributed by atoms with Crippen molar-refractivity contribution >= 4 is 27.5 Å². The number of nitrogens with one attached hydrogen (secondary N) is 2. The first-order chi connectivity index (χ1) is 14.2. The van der Waals surface area contributed by atoms with Crippen molar-refractivity contribution in [1.82, 2.24) is 5.32 Å². The number of amides is 1. The van der Waals surface area contributed by atoms with Crippen LogP contribution in [0.4, 0.5) is 5.69 Å². The molecule has 5 rings (SSSR count). The minimum Gasteiger partial charge on any atom is -0.378 e. The number of hydrogen-bond donors (Lipinski definition) is 2. The highest BCUT2D eigenvalue weighted by atomic mass is 79.9. The van der Waals surface area contributed by atoms with Crippen molar-refractivity contribution < 1.29 is 9.53 Å².